The molecule has 2 heterocycles. The lowest BCUT2D eigenvalue weighted by atomic mass is 10.1. The van der Waals surface area contributed by atoms with Crippen molar-refractivity contribution in [2.24, 2.45) is 5.73 Å². The average molecular weight is 283 g/mol. The molecule has 0 radical (unpaired) electrons. The van der Waals surface area contributed by atoms with E-state index >= 15 is 0 Å². The molecule has 0 fully saturated rings. The molecule has 0 atom stereocenters. The van der Waals surface area contributed by atoms with Crippen molar-refractivity contribution < 1.29 is 4.52 Å². The van der Waals surface area contributed by atoms with Gasteiger partial charge in [-0.1, -0.05) is 29.4 Å². The van der Waals surface area contributed by atoms with Crippen molar-refractivity contribution in [3.63, 3.8) is 0 Å². The van der Waals surface area contributed by atoms with E-state index in [-0.39, 0.29) is 0 Å². The number of aromatic nitrogens is 4. The van der Waals surface area contributed by atoms with Crippen LogP contribution in [0.3, 0.4) is 0 Å². The summed E-state index contributed by atoms with van der Waals surface area (Å²) in [5, 5.41) is 8.42. The molecular weight excluding hydrogens is 266 g/mol. The van der Waals surface area contributed by atoms with Crippen molar-refractivity contribution in [3.8, 4) is 23.0 Å². The molecule has 2 N–H and O–H groups in total. The van der Waals surface area contributed by atoms with E-state index in [1.807, 2.05) is 41.2 Å². The zero-order valence-corrected chi connectivity index (χ0v) is 12.0. The molecule has 0 aliphatic carbocycles. The molecule has 0 aliphatic rings. The molecule has 1 aromatic carbocycles. The molecule has 0 saturated carbocycles. The topological polar surface area (TPSA) is 82.8 Å². The van der Waals surface area contributed by atoms with Gasteiger partial charge in [-0.25, -0.2) is 0 Å². The van der Waals surface area contributed by atoms with Gasteiger partial charge in [0, 0.05) is 24.3 Å². The monoisotopic (exact) mass is 283 g/mol. The van der Waals surface area contributed by atoms with Crippen molar-refractivity contribution in [1.82, 2.24) is 19.9 Å². The normalized spacial score (nSPS) is 11.2. The molecule has 0 amide bonds. The van der Waals surface area contributed by atoms with Gasteiger partial charge in [0.05, 0.1) is 0 Å². The van der Waals surface area contributed by atoms with Crippen LogP contribution >= 0.6 is 0 Å². The van der Waals surface area contributed by atoms with Crippen molar-refractivity contribution >= 4 is 0 Å². The molecular formula is C15H17N5O. The molecule has 21 heavy (non-hydrogen) atoms. The summed E-state index contributed by atoms with van der Waals surface area (Å²) in [7, 11) is 0. The highest BCUT2D eigenvalue weighted by atomic mass is 16.5. The molecule has 0 unspecified atom stereocenters. The van der Waals surface area contributed by atoms with Crippen LogP contribution in [0.15, 0.2) is 41.1 Å². The Kier molecular flexibility index (Phi) is 3.53. The van der Waals surface area contributed by atoms with Crippen molar-refractivity contribution in [3.05, 3.63) is 42.1 Å². The summed E-state index contributed by atoms with van der Waals surface area (Å²) in [6, 6.07) is 9.95. The minimum Gasteiger partial charge on any atom is -0.332 e. The third-order valence-corrected chi connectivity index (χ3v) is 3.23. The smallest absolute Gasteiger partial charge is 0.278 e. The maximum absolute atomic E-state index is 5.59. The van der Waals surface area contributed by atoms with E-state index in [1.165, 1.54) is 0 Å². The largest absolute Gasteiger partial charge is 0.332 e. The molecule has 108 valence electrons. The van der Waals surface area contributed by atoms with Gasteiger partial charge in [0.25, 0.3) is 5.89 Å². The van der Waals surface area contributed by atoms with Gasteiger partial charge in [0.2, 0.25) is 5.82 Å². The Morgan fingerprint density at radius 1 is 1.19 bits per heavy atom. The zero-order valence-electron chi connectivity index (χ0n) is 12.0. The van der Waals surface area contributed by atoms with Crippen LogP contribution in [0, 0.1) is 0 Å². The van der Waals surface area contributed by atoms with Crippen LogP contribution in [-0.2, 0) is 6.54 Å². The third kappa shape index (κ3) is 2.71. The molecule has 0 saturated heterocycles. The van der Waals surface area contributed by atoms with Crippen LogP contribution in [0.25, 0.3) is 23.0 Å². The maximum atomic E-state index is 5.59. The predicted octanol–water partition coefficient (Wildman–Crippen LogP) is 2.64. The average Bonchev–Trinajstić information content (AvgIpc) is 3.16. The van der Waals surface area contributed by atoms with Crippen molar-refractivity contribution in [1.29, 1.82) is 0 Å². The first kappa shape index (κ1) is 13.5. The Morgan fingerprint density at radius 2 is 1.95 bits per heavy atom. The number of benzene rings is 1. The molecule has 3 rings (SSSR count). The van der Waals surface area contributed by atoms with Gasteiger partial charge >= 0.3 is 0 Å². The van der Waals surface area contributed by atoms with Crippen LogP contribution in [0.2, 0.25) is 0 Å². The van der Waals surface area contributed by atoms with Gasteiger partial charge in [0.1, 0.15) is 0 Å². The second kappa shape index (κ2) is 5.49. The van der Waals surface area contributed by atoms with Gasteiger partial charge in [0.15, 0.2) is 5.69 Å². The summed E-state index contributed by atoms with van der Waals surface area (Å²) in [4.78, 5) is 4.39. The highest BCUT2D eigenvalue weighted by Crippen LogP contribution is 2.21. The quantitative estimate of drug-likeness (QED) is 0.795. The first-order valence-electron chi connectivity index (χ1n) is 6.86. The van der Waals surface area contributed by atoms with E-state index in [4.69, 9.17) is 10.3 Å². The molecule has 0 aliphatic heterocycles. The number of rotatable bonds is 4. The molecule has 6 nitrogen and oxygen atoms in total. The number of nitrogens with zero attached hydrogens (tertiary/aromatic N) is 4. The second-order valence-electron chi connectivity index (χ2n) is 5.10. The summed E-state index contributed by atoms with van der Waals surface area (Å²) in [5.74, 6) is 0.972. The van der Waals surface area contributed by atoms with Crippen LogP contribution in [0.4, 0.5) is 0 Å². The van der Waals surface area contributed by atoms with E-state index < -0.39 is 0 Å². The first-order valence-corrected chi connectivity index (χ1v) is 6.86. The molecule has 6 heteroatoms. The Balaban J connectivity index is 1.87. The minimum absolute atomic E-state index is 0.296. The maximum Gasteiger partial charge on any atom is 0.278 e. The standard InChI is InChI=1S/C15H17N5O/c1-10(2)20-8-7-13(18-20)15-17-14(19-21-15)12-5-3-11(9-16)4-6-12/h3-8,10H,9,16H2,1-2H3. The molecule has 0 bridgehead atoms. The van der Waals surface area contributed by atoms with Crippen LogP contribution in [0.1, 0.15) is 25.5 Å². The molecule has 0 spiro atoms. The van der Waals surface area contributed by atoms with E-state index in [2.05, 4.69) is 29.1 Å². The van der Waals surface area contributed by atoms with Crippen molar-refractivity contribution in [2.75, 3.05) is 0 Å². The van der Waals surface area contributed by atoms with Crippen LogP contribution in [0.5, 0.6) is 0 Å². The Morgan fingerprint density at radius 3 is 2.57 bits per heavy atom. The van der Waals surface area contributed by atoms with E-state index in [9.17, 15) is 0 Å². The highest BCUT2D eigenvalue weighted by molar-refractivity contribution is 5.58. The van der Waals surface area contributed by atoms with E-state index in [0.29, 0.717) is 30.0 Å². The number of hydrogen-bond donors (Lipinski definition) is 1. The first-order chi connectivity index (χ1) is 10.2. The van der Waals surface area contributed by atoms with E-state index in [1.54, 1.807) is 0 Å². The Hall–Kier alpha value is -2.47. The fourth-order valence-corrected chi connectivity index (χ4v) is 1.97. The van der Waals surface area contributed by atoms with E-state index in [0.717, 1.165) is 11.1 Å². The Labute approximate surface area is 122 Å². The Bertz CT molecular complexity index is 727. The fourth-order valence-electron chi connectivity index (χ4n) is 1.97. The third-order valence-electron chi connectivity index (χ3n) is 3.23. The second-order valence-corrected chi connectivity index (χ2v) is 5.10. The van der Waals surface area contributed by atoms with Gasteiger partial charge in [-0.2, -0.15) is 10.1 Å². The van der Waals surface area contributed by atoms with Crippen LogP contribution < -0.4 is 5.73 Å². The van der Waals surface area contributed by atoms with Gasteiger partial charge < -0.3 is 10.3 Å². The summed E-state index contributed by atoms with van der Waals surface area (Å²) in [6.07, 6.45) is 1.90. The SMILES string of the molecule is CC(C)n1ccc(-c2nc(-c3ccc(CN)cc3)no2)n1. The van der Waals surface area contributed by atoms with Gasteiger partial charge in [-0.05, 0) is 25.5 Å². The van der Waals surface area contributed by atoms with Gasteiger partial charge in [-0.3, -0.25) is 4.68 Å². The highest BCUT2D eigenvalue weighted by Gasteiger charge is 2.13. The van der Waals surface area contributed by atoms with Gasteiger partial charge in [-0.15, -0.1) is 0 Å². The fraction of sp³-hybridized carbons (Fsp3) is 0.267. The van der Waals surface area contributed by atoms with Crippen molar-refractivity contribution in [2.45, 2.75) is 26.4 Å². The summed E-state index contributed by atoms with van der Waals surface area (Å²) in [6.45, 7) is 4.65. The lowest BCUT2D eigenvalue weighted by molar-refractivity contribution is 0.429. The summed E-state index contributed by atoms with van der Waals surface area (Å²) < 4.78 is 7.15. The predicted molar refractivity (Wildman–Crippen MR) is 79.2 cm³/mol. The lowest BCUT2D eigenvalue weighted by Crippen LogP contribution is -2.00. The zero-order chi connectivity index (χ0) is 14.8. The van der Waals surface area contributed by atoms with Crippen LogP contribution in [-0.4, -0.2) is 19.9 Å². The summed E-state index contributed by atoms with van der Waals surface area (Å²) in [5.41, 5.74) is 8.23. The lowest BCUT2D eigenvalue weighted by Gasteiger charge is -2.02. The molecule has 2 aromatic heterocycles. The number of nitrogens with two attached hydrogens (primary N) is 1. The molecule has 3 aromatic rings. The number of hydrogen-bond acceptors (Lipinski definition) is 5. The summed E-state index contributed by atoms with van der Waals surface area (Å²) >= 11 is 0. The minimum atomic E-state index is 0.296.